The molecule has 3 amide bonds. The van der Waals surface area contributed by atoms with E-state index in [4.69, 9.17) is 21.4 Å². The molecule has 2 atom stereocenters. The van der Waals surface area contributed by atoms with Crippen LogP contribution in [-0.2, 0) is 24.0 Å². The highest BCUT2D eigenvalue weighted by Crippen LogP contribution is 2.16. The zero-order chi connectivity index (χ0) is 23.7. The van der Waals surface area contributed by atoms with Crippen molar-refractivity contribution in [1.82, 2.24) is 20.9 Å². The van der Waals surface area contributed by atoms with Crippen molar-refractivity contribution in [3.63, 3.8) is 0 Å². The van der Waals surface area contributed by atoms with E-state index in [1.54, 1.807) is 18.7 Å². The Morgan fingerprint density at radius 2 is 1.68 bits per heavy atom. The molecule has 2 unspecified atom stereocenters. The number of aliphatic carboxylic acids is 2. The standard InChI is InChI=1S/C18H30N6O7/c1-9(2)14(17(30)31)23-16(29)11(7-13(26)27)22-12(25)8-21-15(28)10-3-5-24(6-4-10)18(19)20/h9-11,14H,3-8H2,1-2H3,(H3,19,20)(H,21,28)(H,22,25)(H,23,29)(H,26,27)(H,30,31). The second kappa shape index (κ2) is 11.7. The van der Waals surface area contributed by atoms with Crippen molar-refractivity contribution in [2.45, 2.75) is 45.2 Å². The van der Waals surface area contributed by atoms with E-state index in [-0.39, 0.29) is 17.8 Å². The van der Waals surface area contributed by atoms with E-state index in [0.29, 0.717) is 25.9 Å². The molecule has 0 aromatic rings. The zero-order valence-electron chi connectivity index (χ0n) is 17.5. The molecule has 1 fully saturated rings. The number of hydrogen-bond donors (Lipinski definition) is 7. The first-order chi connectivity index (χ1) is 14.4. The van der Waals surface area contributed by atoms with Gasteiger partial charge in [0.25, 0.3) is 0 Å². The van der Waals surface area contributed by atoms with Gasteiger partial charge in [-0.2, -0.15) is 0 Å². The number of likely N-dealkylation sites (tertiary alicyclic amines) is 1. The summed E-state index contributed by atoms with van der Waals surface area (Å²) in [6.45, 7) is 3.56. The number of amides is 3. The van der Waals surface area contributed by atoms with Gasteiger partial charge in [0.2, 0.25) is 17.7 Å². The first-order valence-electron chi connectivity index (χ1n) is 9.83. The van der Waals surface area contributed by atoms with Gasteiger partial charge in [0.15, 0.2) is 5.96 Å². The zero-order valence-corrected chi connectivity index (χ0v) is 17.5. The molecule has 31 heavy (non-hydrogen) atoms. The Balaban J connectivity index is 2.60. The number of hydrogen-bond acceptors (Lipinski definition) is 6. The molecule has 8 N–H and O–H groups in total. The van der Waals surface area contributed by atoms with E-state index < -0.39 is 54.7 Å². The fourth-order valence-electron chi connectivity index (χ4n) is 3.09. The molecule has 1 rings (SSSR count). The Hall–Kier alpha value is -3.38. The molecule has 0 radical (unpaired) electrons. The minimum absolute atomic E-state index is 0.0661. The van der Waals surface area contributed by atoms with Crippen LogP contribution in [0.5, 0.6) is 0 Å². The van der Waals surface area contributed by atoms with Gasteiger partial charge in [0, 0.05) is 19.0 Å². The molecular weight excluding hydrogens is 412 g/mol. The van der Waals surface area contributed by atoms with E-state index in [0.717, 1.165) is 0 Å². The molecule has 0 aromatic heterocycles. The van der Waals surface area contributed by atoms with Crippen molar-refractivity contribution >= 4 is 35.6 Å². The molecule has 0 aliphatic carbocycles. The largest absolute Gasteiger partial charge is 0.481 e. The lowest BCUT2D eigenvalue weighted by molar-refractivity contribution is -0.144. The minimum Gasteiger partial charge on any atom is -0.481 e. The van der Waals surface area contributed by atoms with E-state index in [1.807, 2.05) is 0 Å². The fourth-order valence-corrected chi connectivity index (χ4v) is 3.09. The van der Waals surface area contributed by atoms with E-state index in [9.17, 15) is 24.0 Å². The van der Waals surface area contributed by atoms with Crippen LogP contribution in [0.3, 0.4) is 0 Å². The van der Waals surface area contributed by atoms with Crippen molar-refractivity contribution in [2.24, 2.45) is 17.6 Å². The number of piperidine rings is 1. The Labute approximate surface area is 179 Å². The second-order valence-electron chi connectivity index (χ2n) is 7.65. The van der Waals surface area contributed by atoms with Gasteiger partial charge in [0.1, 0.15) is 12.1 Å². The molecule has 1 heterocycles. The normalized spacial score (nSPS) is 16.2. The molecule has 1 aliphatic heterocycles. The molecule has 1 saturated heterocycles. The Bertz CT molecular complexity index is 718. The Morgan fingerprint density at radius 3 is 2.13 bits per heavy atom. The summed E-state index contributed by atoms with van der Waals surface area (Å²) in [5.41, 5.74) is 5.40. The van der Waals surface area contributed by atoms with Crippen molar-refractivity contribution in [3.05, 3.63) is 0 Å². The third kappa shape index (κ3) is 8.48. The highest BCUT2D eigenvalue weighted by molar-refractivity contribution is 5.94. The van der Waals surface area contributed by atoms with Crippen LogP contribution in [0.15, 0.2) is 0 Å². The van der Waals surface area contributed by atoms with E-state index in [2.05, 4.69) is 16.0 Å². The molecule has 13 heteroatoms. The SMILES string of the molecule is CC(C)C(NC(=O)C(CC(=O)O)NC(=O)CNC(=O)C1CCN(C(=N)N)CC1)C(=O)O. The maximum absolute atomic E-state index is 12.3. The third-order valence-electron chi connectivity index (χ3n) is 4.89. The number of nitrogens with two attached hydrogens (primary N) is 1. The van der Waals surface area contributed by atoms with Crippen LogP contribution < -0.4 is 21.7 Å². The van der Waals surface area contributed by atoms with Crippen LogP contribution in [0.25, 0.3) is 0 Å². The van der Waals surface area contributed by atoms with Gasteiger partial charge < -0.3 is 36.8 Å². The Morgan fingerprint density at radius 1 is 1.10 bits per heavy atom. The fraction of sp³-hybridized carbons (Fsp3) is 0.667. The maximum atomic E-state index is 12.3. The molecule has 0 saturated carbocycles. The van der Waals surface area contributed by atoms with Gasteiger partial charge in [-0.05, 0) is 18.8 Å². The highest BCUT2D eigenvalue weighted by atomic mass is 16.4. The number of carboxylic acid groups (broad SMARTS) is 2. The summed E-state index contributed by atoms with van der Waals surface area (Å²) in [6.07, 6.45) is 0.172. The minimum atomic E-state index is -1.50. The van der Waals surface area contributed by atoms with Crippen LogP contribution in [0.4, 0.5) is 0 Å². The maximum Gasteiger partial charge on any atom is 0.326 e. The summed E-state index contributed by atoms with van der Waals surface area (Å²) < 4.78 is 0. The summed E-state index contributed by atoms with van der Waals surface area (Å²) >= 11 is 0. The molecule has 0 aromatic carbocycles. The average molecular weight is 442 g/mol. The van der Waals surface area contributed by atoms with Crippen molar-refractivity contribution in [1.29, 1.82) is 5.41 Å². The van der Waals surface area contributed by atoms with Crippen LogP contribution in [0.2, 0.25) is 0 Å². The summed E-state index contributed by atoms with van der Waals surface area (Å²) in [4.78, 5) is 60.6. The van der Waals surface area contributed by atoms with Gasteiger partial charge in [-0.25, -0.2) is 4.79 Å². The van der Waals surface area contributed by atoms with Crippen molar-refractivity contribution in [3.8, 4) is 0 Å². The second-order valence-corrected chi connectivity index (χ2v) is 7.65. The van der Waals surface area contributed by atoms with Gasteiger partial charge in [-0.15, -0.1) is 0 Å². The molecule has 174 valence electrons. The Kier molecular flexibility index (Phi) is 9.70. The van der Waals surface area contributed by atoms with Crippen molar-refractivity contribution < 1.29 is 34.2 Å². The van der Waals surface area contributed by atoms with Gasteiger partial charge in [0.05, 0.1) is 13.0 Å². The molecule has 13 nitrogen and oxygen atoms in total. The third-order valence-corrected chi connectivity index (χ3v) is 4.89. The van der Waals surface area contributed by atoms with Gasteiger partial charge in [-0.3, -0.25) is 24.6 Å². The summed E-state index contributed by atoms with van der Waals surface area (Å²) in [5.74, 6) is -5.63. The number of rotatable bonds is 10. The average Bonchev–Trinajstić information content (AvgIpc) is 2.68. The molecule has 0 bridgehead atoms. The van der Waals surface area contributed by atoms with Crippen molar-refractivity contribution in [2.75, 3.05) is 19.6 Å². The predicted molar refractivity (Wildman–Crippen MR) is 108 cm³/mol. The molecular formula is C18H30N6O7. The quantitative estimate of drug-likeness (QED) is 0.145. The number of guanidine groups is 1. The number of carboxylic acids is 2. The highest BCUT2D eigenvalue weighted by Gasteiger charge is 2.30. The number of nitrogens with zero attached hydrogens (tertiary/aromatic N) is 1. The summed E-state index contributed by atoms with van der Waals surface area (Å²) in [7, 11) is 0. The van der Waals surface area contributed by atoms with Crippen LogP contribution in [0.1, 0.15) is 33.1 Å². The number of carbonyl (C=O) groups is 5. The summed E-state index contributed by atoms with van der Waals surface area (Å²) in [5, 5.41) is 32.4. The van der Waals surface area contributed by atoms with Crippen LogP contribution in [0, 0.1) is 17.2 Å². The molecule has 0 spiro atoms. The monoisotopic (exact) mass is 442 g/mol. The lowest BCUT2D eigenvalue weighted by atomic mass is 9.96. The first kappa shape index (κ1) is 25.7. The topological polar surface area (TPSA) is 215 Å². The van der Waals surface area contributed by atoms with E-state index in [1.165, 1.54) is 0 Å². The summed E-state index contributed by atoms with van der Waals surface area (Å²) in [6, 6.07) is -2.75. The lowest BCUT2D eigenvalue weighted by Crippen LogP contribution is -2.55. The predicted octanol–water partition coefficient (Wildman–Crippen LogP) is -2.11. The molecule has 1 aliphatic rings. The van der Waals surface area contributed by atoms with Crippen LogP contribution >= 0.6 is 0 Å². The number of nitrogens with one attached hydrogen (secondary N) is 4. The van der Waals surface area contributed by atoms with Gasteiger partial charge >= 0.3 is 11.9 Å². The van der Waals surface area contributed by atoms with E-state index >= 15 is 0 Å². The smallest absolute Gasteiger partial charge is 0.326 e. The van der Waals surface area contributed by atoms with Crippen LogP contribution in [-0.4, -0.2) is 82.5 Å². The first-order valence-corrected chi connectivity index (χ1v) is 9.83. The van der Waals surface area contributed by atoms with Gasteiger partial charge in [-0.1, -0.05) is 13.8 Å². The lowest BCUT2D eigenvalue weighted by Gasteiger charge is -2.31. The number of carbonyl (C=O) groups excluding carboxylic acids is 3.